The van der Waals surface area contributed by atoms with Gasteiger partial charge in [0.1, 0.15) is 30.1 Å². The van der Waals surface area contributed by atoms with Gasteiger partial charge in [-0.1, -0.05) is 12.2 Å². The average Bonchev–Trinajstić information content (AvgIpc) is 3.30. The lowest BCUT2D eigenvalue weighted by Gasteiger charge is -2.32. The summed E-state index contributed by atoms with van der Waals surface area (Å²) in [5.74, 6) is -0.324. The second-order valence-corrected chi connectivity index (χ2v) is 11.0. The van der Waals surface area contributed by atoms with Gasteiger partial charge in [-0.25, -0.2) is 4.39 Å². The van der Waals surface area contributed by atoms with Crippen LogP contribution in [0.25, 0.3) is 0 Å². The van der Waals surface area contributed by atoms with Gasteiger partial charge in [-0.05, 0) is 82.1 Å². The second kappa shape index (κ2) is 17.7. The number of carbonyl (C=O) groups excluding carboxylic acids is 2. The fraction of sp³-hybridized carbons (Fsp3) is 0.688. The Balaban J connectivity index is 1.39. The molecule has 0 N–H and O–H groups in total. The first-order valence-corrected chi connectivity index (χ1v) is 15.3. The summed E-state index contributed by atoms with van der Waals surface area (Å²) in [6, 6.07) is 5.83. The minimum absolute atomic E-state index is 0.0932. The zero-order valence-electron chi connectivity index (χ0n) is 24.6. The number of Topliss-reactive ketones (excluding diaryl/α,β-unsaturated/α-hetero) is 1. The van der Waals surface area contributed by atoms with Crippen LogP contribution in [-0.4, -0.2) is 76.2 Å². The van der Waals surface area contributed by atoms with E-state index in [1.165, 1.54) is 19.2 Å². The molecule has 4 rings (SSSR count). The molecule has 9 nitrogen and oxygen atoms in total. The van der Waals surface area contributed by atoms with E-state index >= 15 is 0 Å². The molecule has 3 aliphatic rings. The van der Waals surface area contributed by atoms with Gasteiger partial charge in [-0.3, -0.25) is 9.59 Å². The van der Waals surface area contributed by atoms with E-state index in [1.807, 2.05) is 12.2 Å². The van der Waals surface area contributed by atoms with Crippen molar-refractivity contribution in [2.45, 2.75) is 102 Å². The fourth-order valence-electron chi connectivity index (χ4n) is 5.46. The van der Waals surface area contributed by atoms with E-state index in [-0.39, 0.29) is 55.7 Å². The molecule has 2 aliphatic heterocycles. The number of benzene rings is 1. The number of hydrogen-bond acceptors (Lipinski definition) is 9. The Bertz CT molecular complexity index is 973. The number of halogens is 1. The highest BCUT2D eigenvalue weighted by atomic mass is 19.1. The van der Waals surface area contributed by atoms with Gasteiger partial charge >= 0.3 is 5.97 Å². The number of carbonyl (C=O) groups is 2. The summed E-state index contributed by atoms with van der Waals surface area (Å²) in [6.45, 7) is 1.63. The molecule has 2 heterocycles. The van der Waals surface area contributed by atoms with E-state index in [1.54, 1.807) is 12.1 Å². The number of rotatable bonds is 16. The Kier molecular flexibility index (Phi) is 13.7. The molecule has 1 aromatic carbocycles. The van der Waals surface area contributed by atoms with E-state index in [9.17, 15) is 14.0 Å². The molecule has 0 spiro atoms. The van der Waals surface area contributed by atoms with Crippen LogP contribution in [0.5, 0.6) is 5.75 Å². The Morgan fingerprint density at radius 2 is 1.76 bits per heavy atom. The van der Waals surface area contributed by atoms with Crippen molar-refractivity contribution in [3.05, 3.63) is 42.2 Å². The van der Waals surface area contributed by atoms with Gasteiger partial charge in [-0.15, -0.1) is 0 Å². The molecule has 6 atom stereocenters. The number of ether oxygens (including phenoxy) is 7. The van der Waals surface area contributed by atoms with Crippen molar-refractivity contribution in [3.63, 3.8) is 0 Å². The largest absolute Gasteiger partial charge is 0.491 e. The van der Waals surface area contributed by atoms with Crippen LogP contribution in [0, 0.1) is 11.7 Å². The maximum atomic E-state index is 13.4. The molecule has 1 aromatic rings. The van der Waals surface area contributed by atoms with Crippen LogP contribution in [0.4, 0.5) is 4.39 Å². The molecule has 10 heteroatoms. The predicted molar refractivity (Wildman–Crippen MR) is 151 cm³/mol. The Morgan fingerprint density at radius 1 is 1.02 bits per heavy atom. The molecular weight excluding hydrogens is 547 g/mol. The van der Waals surface area contributed by atoms with E-state index in [2.05, 4.69) is 0 Å². The van der Waals surface area contributed by atoms with Crippen LogP contribution >= 0.6 is 0 Å². The molecule has 3 fully saturated rings. The van der Waals surface area contributed by atoms with Crippen LogP contribution in [-0.2, 0) is 38.0 Å². The van der Waals surface area contributed by atoms with Crippen molar-refractivity contribution >= 4 is 11.8 Å². The van der Waals surface area contributed by atoms with E-state index in [0.717, 1.165) is 44.9 Å². The van der Waals surface area contributed by atoms with Gasteiger partial charge in [0.05, 0.1) is 31.8 Å². The Labute approximate surface area is 247 Å². The quantitative estimate of drug-likeness (QED) is 0.144. The molecule has 1 saturated carbocycles. The smallest absolute Gasteiger partial charge is 0.305 e. The Hall–Kier alpha value is -2.37. The second-order valence-electron chi connectivity index (χ2n) is 11.0. The summed E-state index contributed by atoms with van der Waals surface area (Å²) >= 11 is 0. The van der Waals surface area contributed by atoms with Crippen molar-refractivity contribution in [3.8, 4) is 5.75 Å². The van der Waals surface area contributed by atoms with Gasteiger partial charge in [0.2, 0.25) is 0 Å². The van der Waals surface area contributed by atoms with Crippen molar-refractivity contribution in [2.75, 3.05) is 33.5 Å². The summed E-state index contributed by atoms with van der Waals surface area (Å²) < 4.78 is 54.6. The minimum Gasteiger partial charge on any atom is -0.491 e. The summed E-state index contributed by atoms with van der Waals surface area (Å²) in [5.41, 5.74) is 0. The molecule has 0 amide bonds. The molecule has 234 valence electrons. The summed E-state index contributed by atoms with van der Waals surface area (Å²) in [7, 11) is 1.38. The summed E-state index contributed by atoms with van der Waals surface area (Å²) in [5, 5.41) is 0. The zero-order valence-corrected chi connectivity index (χ0v) is 24.6. The molecule has 0 radical (unpaired) electrons. The van der Waals surface area contributed by atoms with E-state index < -0.39 is 18.3 Å². The molecule has 1 aliphatic carbocycles. The molecule has 3 unspecified atom stereocenters. The van der Waals surface area contributed by atoms with E-state index in [0.29, 0.717) is 38.2 Å². The van der Waals surface area contributed by atoms with Gasteiger partial charge in [0.15, 0.2) is 12.6 Å². The topological polar surface area (TPSA) is 98.8 Å². The van der Waals surface area contributed by atoms with Crippen LogP contribution < -0.4 is 4.74 Å². The number of hydrogen-bond donors (Lipinski definition) is 0. The monoisotopic (exact) mass is 592 g/mol. The maximum Gasteiger partial charge on any atom is 0.305 e. The highest BCUT2D eigenvalue weighted by molar-refractivity contribution is 5.85. The van der Waals surface area contributed by atoms with Gasteiger partial charge in [0.25, 0.3) is 0 Å². The number of ketones is 1. The third-order valence-electron chi connectivity index (χ3n) is 7.79. The maximum absolute atomic E-state index is 13.4. The summed E-state index contributed by atoms with van der Waals surface area (Å²) in [4.78, 5) is 24.5. The lowest BCUT2D eigenvalue weighted by atomic mass is 9.99. The minimum atomic E-state index is -0.480. The lowest BCUT2D eigenvalue weighted by Crippen LogP contribution is -2.40. The van der Waals surface area contributed by atoms with Crippen LogP contribution in [0.2, 0.25) is 0 Å². The first-order chi connectivity index (χ1) is 20.5. The van der Waals surface area contributed by atoms with Crippen molar-refractivity contribution in [1.82, 2.24) is 0 Å². The molecule has 0 bridgehead atoms. The van der Waals surface area contributed by atoms with Crippen molar-refractivity contribution in [2.24, 2.45) is 5.92 Å². The Morgan fingerprint density at radius 3 is 2.45 bits per heavy atom. The SMILES string of the molecule is COC(=O)CCCC=CC[C@H]1C(=O)C[C@@H](OC2CCCCO2)[C@@H]1OCC(COc1ccc(F)cc1)OC1CCCCO1. The number of esters is 1. The first kappa shape index (κ1) is 32.5. The van der Waals surface area contributed by atoms with Crippen molar-refractivity contribution in [1.29, 1.82) is 0 Å². The first-order valence-electron chi connectivity index (χ1n) is 15.3. The fourth-order valence-corrected chi connectivity index (χ4v) is 5.46. The van der Waals surface area contributed by atoms with Gasteiger partial charge in [-0.2, -0.15) is 0 Å². The standard InChI is InChI=1S/C32H45FO9/c1-36-29(35)11-5-3-2-4-10-26-27(34)20-28(42-31-13-7-9-19-38-31)32(26)40-22-25(41-30-12-6-8-18-37-30)21-39-24-16-14-23(33)15-17-24/h2,4,14-17,25-26,28,30-32H,3,5-13,18-22H2,1H3/t25?,26-,28+,30?,31?,32+/m0/s1. The molecular formula is C32H45FO9. The highest BCUT2D eigenvalue weighted by Gasteiger charge is 2.45. The molecule has 42 heavy (non-hydrogen) atoms. The normalized spacial score (nSPS) is 27.3. The lowest BCUT2D eigenvalue weighted by molar-refractivity contribution is -0.226. The van der Waals surface area contributed by atoms with Crippen LogP contribution in [0.15, 0.2) is 36.4 Å². The predicted octanol–water partition coefficient (Wildman–Crippen LogP) is 5.29. The number of methoxy groups -OCH3 is 1. The van der Waals surface area contributed by atoms with Crippen LogP contribution in [0.3, 0.4) is 0 Å². The molecule has 0 aromatic heterocycles. The summed E-state index contributed by atoms with van der Waals surface area (Å²) in [6.07, 6.45) is 10.0. The average molecular weight is 593 g/mol. The van der Waals surface area contributed by atoms with Gasteiger partial charge in [0, 0.05) is 26.1 Å². The van der Waals surface area contributed by atoms with Crippen molar-refractivity contribution < 1.29 is 47.1 Å². The molecule has 2 saturated heterocycles. The number of unbranched alkanes of at least 4 members (excludes halogenated alkanes) is 1. The third-order valence-corrected chi connectivity index (χ3v) is 7.79. The van der Waals surface area contributed by atoms with Crippen LogP contribution in [0.1, 0.15) is 70.6 Å². The van der Waals surface area contributed by atoms with Gasteiger partial charge < -0.3 is 33.2 Å². The third kappa shape index (κ3) is 10.7. The highest BCUT2D eigenvalue weighted by Crippen LogP contribution is 2.33. The number of allylic oxidation sites excluding steroid dienone is 2. The zero-order chi connectivity index (χ0) is 29.6. The van der Waals surface area contributed by atoms with E-state index in [4.69, 9.17) is 33.2 Å².